The van der Waals surface area contributed by atoms with Gasteiger partial charge in [-0.1, -0.05) is 19.1 Å². The molecular weight excluding hydrogens is 285 g/mol. The second kappa shape index (κ2) is 5.78. The highest BCUT2D eigenvalue weighted by molar-refractivity contribution is 5.53. The van der Waals surface area contributed by atoms with E-state index in [0.29, 0.717) is 18.0 Å². The molecule has 1 aliphatic heterocycles. The summed E-state index contributed by atoms with van der Waals surface area (Å²) in [6.45, 7) is 6.16. The van der Waals surface area contributed by atoms with Gasteiger partial charge in [0.1, 0.15) is 5.82 Å². The van der Waals surface area contributed by atoms with E-state index in [4.69, 9.17) is 4.42 Å². The normalized spacial score (nSPS) is 18.9. The van der Waals surface area contributed by atoms with E-state index in [1.165, 1.54) is 6.07 Å². The lowest BCUT2D eigenvalue weighted by molar-refractivity contribution is 0.0144. The Bertz CT molecular complexity index is 652. The van der Waals surface area contributed by atoms with E-state index in [9.17, 15) is 9.50 Å². The fourth-order valence-electron chi connectivity index (χ4n) is 2.84. The van der Waals surface area contributed by atoms with Gasteiger partial charge in [-0.3, -0.25) is 4.90 Å². The minimum absolute atomic E-state index is 0.210. The molecule has 2 aromatic rings. The number of halogens is 1. The molecule has 3 rings (SSSR count). The average molecular weight is 305 g/mol. The van der Waals surface area contributed by atoms with Crippen LogP contribution in [-0.4, -0.2) is 45.9 Å². The monoisotopic (exact) mass is 305 g/mol. The summed E-state index contributed by atoms with van der Waals surface area (Å²) < 4.78 is 19.4. The Morgan fingerprint density at radius 2 is 2.09 bits per heavy atom. The van der Waals surface area contributed by atoms with Gasteiger partial charge in [0.05, 0.1) is 17.1 Å². The summed E-state index contributed by atoms with van der Waals surface area (Å²) in [5.74, 6) is 0.360. The van der Waals surface area contributed by atoms with Gasteiger partial charge in [-0.15, -0.1) is 10.2 Å². The summed E-state index contributed by atoms with van der Waals surface area (Å²) in [6.07, 6.45) is 0.437. The Balaban J connectivity index is 1.71. The van der Waals surface area contributed by atoms with E-state index in [1.807, 2.05) is 13.8 Å². The van der Waals surface area contributed by atoms with Gasteiger partial charge in [0.2, 0.25) is 5.89 Å². The zero-order valence-corrected chi connectivity index (χ0v) is 12.8. The quantitative estimate of drug-likeness (QED) is 0.917. The largest absolute Gasteiger partial charge is 0.420 e. The summed E-state index contributed by atoms with van der Waals surface area (Å²) in [5, 5.41) is 17.7. The summed E-state index contributed by atoms with van der Waals surface area (Å²) in [6, 6.07) is 6.36. The van der Waals surface area contributed by atoms with Crippen LogP contribution in [0.4, 0.5) is 4.39 Å². The third kappa shape index (κ3) is 2.76. The lowest BCUT2D eigenvalue weighted by Crippen LogP contribution is -2.59. The zero-order valence-electron chi connectivity index (χ0n) is 12.8. The Hall–Kier alpha value is -1.79. The van der Waals surface area contributed by atoms with Gasteiger partial charge in [-0.2, -0.15) is 0 Å². The van der Waals surface area contributed by atoms with E-state index in [0.717, 1.165) is 19.5 Å². The fourth-order valence-corrected chi connectivity index (χ4v) is 2.84. The molecule has 0 amide bonds. The highest BCUT2D eigenvalue weighted by Gasteiger charge is 2.44. The molecule has 1 aliphatic rings. The number of likely N-dealkylation sites (tertiary alicyclic amines) is 1. The molecule has 1 fully saturated rings. The Kier molecular flexibility index (Phi) is 3.97. The maximum Gasteiger partial charge on any atom is 0.250 e. The van der Waals surface area contributed by atoms with Crippen LogP contribution >= 0.6 is 0 Å². The van der Waals surface area contributed by atoms with Crippen LogP contribution in [0.3, 0.4) is 0 Å². The van der Waals surface area contributed by atoms with E-state index >= 15 is 0 Å². The number of β-amino-alcohol motifs (C(OH)–C–C–N with tert-alkyl or cyclic N) is 1. The molecular formula is C16H20FN3O2. The van der Waals surface area contributed by atoms with E-state index < -0.39 is 0 Å². The smallest absolute Gasteiger partial charge is 0.250 e. The molecule has 1 N–H and O–H groups in total. The molecule has 2 heterocycles. The van der Waals surface area contributed by atoms with Crippen molar-refractivity contribution in [3.8, 4) is 11.5 Å². The maximum absolute atomic E-state index is 13.8. The molecule has 0 saturated carbocycles. The second-order valence-corrected chi connectivity index (χ2v) is 6.18. The Labute approximate surface area is 128 Å². The number of rotatable bonds is 5. The molecule has 5 nitrogen and oxygen atoms in total. The number of nitrogens with zero attached hydrogens (tertiary/aromatic N) is 3. The first-order valence-corrected chi connectivity index (χ1v) is 7.51. The highest BCUT2D eigenvalue weighted by atomic mass is 19.1. The van der Waals surface area contributed by atoms with Crippen molar-refractivity contribution >= 4 is 0 Å². The number of hydrogen-bond donors (Lipinski definition) is 1. The first kappa shape index (κ1) is 15.1. The summed E-state index contributed by atoms with van der Waals surface area (Å²) >= 11 is 0. The third-order valence-corrected chi connectivity index (χ3v) is 4.13. The van der Waals surface area contributed by atoms with Crippen molar-refractivity contribution in [3.63, 3.8) is 0 Å². The zero-order chi connectivity index (χ0) is 15.7. The van der Waals surface area contributed by atoms with Crippen LogP contribution in [0, 0.1) is 5.82 Å². The number of aliphatic hydroxyl groups is 1. The van der Waals surface area contributed by atoms with Gasteiger partial charge < -0.3 is 9.52 Å². The lowest BCUT2D eigenvalue weighted by atomic mass is 9.81. The first-order chi connectivity index (χ1) is 10.5. The van der Waals surface area contributed by atoms with Crippen LogP contribution in [0.2, 0.25) is 0 Å². The number of aliphatic hydroxyl groups excluding tert-OH is 1. The van der Waals surface area contributed by atoms with Crippen LogP contribution in [0.25, 0.3) is 11.5 Å². The molecule has 1 aromatic carbocycles. The van der Waals surface area contributed by atoms with Gasteiger partial charge in [0.25, 0.3) is 5.89 Å². The number of aromatic nitrogens is 2. The summed E-state index contributed by atoms with van der Waals surface area (Å²) in [4.78, 5) is 2.15. The Morgan fingerprint density at radius 1 is 1.36 bits per heavy atom. The molecule has 118 valence electrons. The van der Waals surface area contributed by atoms with Crippen molar-refractivity contribution in [1.82, 2.24) is 15.1 Å². The van der Waals surface area contributed by atoms with Gasteiger partial charge in [0.15, 0.2) is 0 Å². The fraction of sp³-hybridized carbons (Fsp3) is 0.500. The predicted octanol–water partition coefficient (Wildman–Crippen LogP) is 2.22. The summed E-state index contributed by atoms with van der Waals surface area (Å²) in [7, 11) is 0. The maximum atomic E-state index is 13.8. The molecule has 0 spiro atoms. The van der Waals surface area contributed by atoms with Crippen LogP contribution in [0.5, 0.6) is 0 Å². The number of benzene rings is 1. The van der Waals surface area contributed by atoms with Crippen LogP contribution < -0.4 is 0 Å². The third-order valence-electron chi connectivity index (χ3n) is 4.13. The van der Waals surface area contributed by atoms with Gasteiger partial charge in [-0.25, -0.2) is 4.39 Å². The molecule has 22 heavy (non-hydrogen) atoms. The van der Waals surface area contributed by atoms with Crippen LogP contribution in [0.15, 0.2) is 28.7 Å². The van der Waals surface area contributed by atoms with Crippen molar-refractivity contribution in [2.24, 2.45) is 0 Å². The molecule has 1 saturated heterocycles. The molecule has 0 aliphatic carbocycles. The molecule has 0 unspecified atom stereocenters. The van der Waals surface area contributed by atoms with Gasteiger partial charge in [0, 0.05) is 19.6 Å². The van der Waals surface area contributed by atoms with Crippen molar-refractivity contribution < 1.29 is 13.9 Å². The molecule has 1 aromatic heterocycles. The van der Waals surface area contributed by atoms with E-state index in [2.05, 4.69) is 15.1 Å². The molecule has 6 heteroatoms. The van der Waals surface area contributed by atoms with Crippen molar-refractivity contribution in [1.29, 1.82) is 0 Å². The highest BCUT2D eigenvalue weighted by Crippen LogP contribution is 2.35. The minimum atomic E-state index is -0.371. The second-order valence-electron chi connectivity index (χ2n) is 6.18. The first-order valence-electron chi connectivity index (χ1n) is 7.51. The summed E-state index contributed by atoms with van der Waals surface area (Å²) in [5.41, 5.74) is 0.0895. The number of hydrogen-bond acceptors (Lipinski definition) is 5. The van der Waals surface area contributed by atoms with E-state index in [1.54, 1.807) is 18.2 Å². The lowest BCUT2D eigenvalue weighted by Gasteiger charge is -2.46. The molecule has 1 atom stereocenters. The topological polar surface area (TPSA) is 62.4 Å². The standard InChI is InChI=1S/C16H20FN3O2/c1-3-11(21)8-20-9-16(2,10-20)15-19-18-14(22-15)12-6-4-5-7-13(12)17/h4-7,11,21H,3,8-10H2,1-2H3/t11-/m1/s1. The Morgan fingerprint density at radius 3 is 2.77 bits per heavy atom. The van der Waals surface area contributed by atoms with Crippen LogP contribution in [-0.2, 0) is 5.41 Å². The van der Waals surface area contributed by atoms with E-state index in [-0.39, 0.29) is 23.2 Å². The van der Waals surface area contributed by atoms with Gasteiger partial charge in [-0.05, 0) is 25.5 Å². The molecule has 0 radical (unpaired) electrons. The van der Waals surface area contributed by atoms with Crippen molar-refractivity contribution in [2.75, 3.05) is 19.6 Å². The average Bonchev–Trinajstić information content (AvgIpc) is 2.95. The molecule has 0 bridgehead atoms. The van der Waals surface area contributed by atoms with Crippen molar-refractivity contribution in [2.45, 2.75) is 31.8 Å². The van der Waals surface area contributed by atoms with Crippen LogP contribution in [0.1, 0.15) is 26.2 Å². The predicted molar refractivity (Wildman–Crippen MR) is 79.8 cm³/mol. The minimum Gasteiger partial charge on any atom is -0.420 e. The van der Waals surface area contributed by atoms with Crippen molar-refractivity contribution in [3.05, 3.63) is 36.0 Å². The SMILES string of the molecule is CC[C@@H](O)CN1CC(C)(c2nnc(-c3ccccc3F)o2)C1. The van der Waals surface area contributed by atoms with Gasteiger partial charge >= 0.3 is 0 Å².